The standard InChI is InChI=1S/C7H10N2O3/c1-2-4-8-6(10)3-5-9(12)7(8)11/h3,5,12H,2,4H2,1H3. The minimum absolute atomic E-state index is 0.332. The summed E-state index contributed by atoms with van der Waals surface area (Å²) in [5.41, 5.74) is -1.07. The number of aromatic nitrogens is 2. The smallest absolute Gasteiger partial charge is 0.363 e. The van der Waals surface area contributed by atoms with Crippen molar-refractivity contribution in [1.29, 1.82) is 0 Å². The van der Waals surface area contributed by atoms with Crippen molar-refractivity contribution in [3.63, 3.8) is 0 Å². The van der Waals surface area contributed by atoms with Crippen LogP contribution in [0, 0.1) is 0 Å². The normalized spacial score (nSPS) is 10.1. The molecule has 1 N–H and O–H groups in total. The van der Waals surface area contributed by atoms with Crippen LogP contribution in [0.15, 0.2) is 21.9 Å². The minimum atomic E-state index is -0.690. The lowest BCUT2D eigenvalue weighted by molar-refractivity contribution is 0.163. The fourth-order valence-electron chi connectivity index (χ4n) is 0.935. The largest absolute Gasteiger partial charge is 0.424 e. The van der Waals surface area contributed by atoms with E-state index in [1.807, 2.05) is 6.92 Å². The second kappa shape index (κ2) is 3.25. The maximum Gasteiger partial charge on any atom is 0.363 e. The fourth-order valence-corrected chi connectivity index (χ4v) is 0.935. The summed E-state index contributed by atoms with van der Waals surface area (Å²) in [6.07, 6.45) is 1.72. The van der Waals surface area contributed by atoms with Gasteiger partial charge in [-0.25, -0.2) is 4.79 Å². The summed E-state index contributed by atoms with van der Waals surface area (Å²) in [5, 5.41) is 8.90. The van der Waals surface area contributed by atoms with Crippen molar-refractivity contribution in [3.05, 3.63) is 33.1 Å². The molecule has 66 valence electrons. The highest BCUT2D eigenvalue weighted by Gasteiger charge is 2.01. The van der Waals surface area contributed by atoms with Crippen molar-refractivity contribution < 1.29 is 5.21 Å². The van der Waals surface area contributed by atoms with Crippen molar-refractivity contribution in [3.8, 4) is 0 Å². The molecular formula is C7H10N2O3. The van der Waals surface area contributed by atoms with E-state index in [0.717, 1.165) is 16.8 Å². The Labute approximate surface area is 68.5 Å². The summed E-state index contributed by atoms with van der Waals surface area (Å²) in [6, 6.07) is 1.15. The lowest BCUT2D eigenvalue weighted by Gasteiger charge is -2.02. The zero-order valence-corrected chi connectivity index (χ0v) is 6.73. The Balaban J connectivity index is 3.34. The van der Waals surface area contributed by atoms with Gasteiger partial charge >= 0.3 is 5.69 Å². The van der Waals surface area contributed by atoms with Crippen LogP contribution in [0.2, 0.25) is 0 Å². The molecule has 1 aromatic heterocycles. The Morgan fingerprint density at radius 2 is 2.17 bits per heavy atom. The number of rotatable bonds is 2. The lowest BCUT2D eigenvalue weighted by atomic mass is 10.5. The monoisotopic (exact) mass is 170 g/mol. The van der Waals surface area contributed by atoms with E-state index in [9.17, 15) is 9.59 Å². The molecule has 0 spiro atoms. The van der Waals surface area contributed by atoms with Crippen molar-refractivity contribution >= 4 is 0 Å². The Morgan fingerprint density at radius 1 is 1.50 bits per heavy atom. The van der Waals surface area contributed by atoms with E-state index < -0.39 is 5.69 Å². The molecule has 0 aliphatic rings. The number of nitrogens with zero attached hydrogens (tertiary/aromatic N) is 2. The van der Waals surface area contributed by atoms with Crippen LogP contribution in [0.3, 0.4) is 0 Å². The van der Waals surface area contributed by atoms with Crippen LogP contribution in [-0.4, -0.2) is 14.5 Å². The quantitative estimate of drug-likeness (QED) is 0.617. The van der Waals surface area contributed by atoms with E-state index >= 15 is 0 Å². The average molecular weight is 170 g/mol. The molecule has 0 fully saturated rings. The highest BCUT2D eigenvalue weighted by Crippen LogP contribution is 1.78. The minimum Gasteiger partial charge on any atom is -0.424 e. The summed E-state index contributed by atoms with van der Waals surface area (Å²) in [5.74, 6) is 0. The van der Waals surface area contributed by atoms with E-state index in [2.05, 4.69) is 0 Å². The van der Waals surface area contributed by atoms with Crippen molar-refractivity contribution in [2.24, 2.45) is 0 Å². The Hall–Kier alpha value is -1.52. The fraction of sp³-hybridized carbons (Fsp3) is 0.429. The molecule has 0 aliphatic heterocycles. The van der Waals surface area contributed by atoms with Crippen LogP contribution in [0.4, 0.5) is 0 Å². The van der Waals surface area contributed by atoms with Gasteiger partial charge in [-0.05, 0) is 6.42 Å². The maximum atomic E-state index is 11.1. The third kappa shape index (κ3) is 1.39. The molecule has 1 rings (SSSR count). The molecule has 1 aromatic rings. The predicted molar refractivity (Wildman–Crippen MR) is 42.4 cm³/mol. The molecular weight excluding hydrogens is 160 g/mol. The SMILES string of the molecule is CCCn1c(=O)ccn(O)c1=O. The van der Waals surface area contributed by atoms with Crippen LogP contribution < -0.4 is 11.2 Å². The zero-order valence-electron chi connectivity index (χ0n) is 6.73. The predicted octanol–water partition coefficient (Wildman–Crippen LogP) is -0.343. The molecule has 0 radical (unpaired) electrons. The summed E-state index contributed by atoms with van der Waals surface area (Å²) in [4.78, 5) is 22.1. The summed E-state index contributed by atoms with van der Waals surface area (Å²) >= 11 is 0. The van der Waals surface area contributed by atoms with E-state index in [1.165, 1.54) is 0 Å². The van der Waals surface area contributed by atoms with E-state index in [4.69, 9.17) is 5.21 Å². The van der Waals surface area contributed by atoms with Crippen LogP contribution in [0.1, 0.15) is 13.3 Å². The van der Waals surface area contributed by atoms with Gasteiger partial charge in [-0.3, -0.25) is 9.36 Å². The molecule has 12 heavy (non-hydrogen) atoms. The first-order valence-electron chi connectivity index (χ1n) is 3.68. The zero-order chi connectivity index (χ0) is 9.14. The van der Waals surface area contributed by atoms with Gasteiger partial charge in [0.15, 0.2) is 0 Å². The first kappa shape index (κ1) is 8.58. The summed E-state index contributed by atoms with van der Waals surface area (Å²) in [7, 11) is 0. The molecule has 0 amide bonds. The molecule has 5 nitrogen and oxygen atoms in total. The van der Waals surface area contributed by atoms with Gasteiger partial charge in [-0.15, -0.1) is 4.73 Å². The molecule has 0 saturated heterocycles. The Kier molecular flexibility index (Phi) is 2.32. The second-order valence-corrected chi connectivity index (χ2v) is 2.43. The Bertz CT molecular complexity index is 377. The Morgan fingerprint density at radius 3 is 2.75 bits per heavy atom. The van der Waals surface area contributed by atoms with Crippen LogP contribution >= 0.6 is 0 Å². The summed E-state index contributed by atoms with van der Waals surface area (Å²) in [6.45, 7) is 2.18. The van der Waals surface area contributed by atoms with Crippen molar-refractivity contribution in [2.45, 2.75) is 19.9 Å². The molecule has 0 atom stereocenters. The van der Waals surface area contributed by atoms with Crippen molar-refractivity contribution in [2.75, 3.05) is 0 Å². The van der Waals surface area contributed by atoms with Gasteiger partial charge in [-0.2, -0.15) is 0 Å². The average Bonchev–Trinajstić information content (AvgIpc) is 2.06. The first-order chi connectivity index (χ1) is 5.66. The number of hydrogen-bond donors (Lipinski definition) is 1. The first-order valence-corrected chi connectivity index (χ1v) is 3.68. The van der Waals surface area contributed by atoms with Gasteiger partial charge < -0.3 is 5.21 Å². The highest BCUT2D eigenvalue weighted by atomic mass is 16.5. The van der Waals surface area contributed by atoms with Gasteiger partial charge in [-0.1, -0.05) is 6.92 Å². The molecule has 1 heterocycles. The molecule has 0 aromatic carbocycles. The van der Waals surface area contributed by atoms with Crippen LogP contribution in [0.5, 0.6) is 0 Å². The van der Waals surface area contributed by atoms with Gasteiger partial charge in [0.2, 0.25) is 0 Å². The van der Waals surface area contributed by atoms with Gasteiger partial charge in [0, 0.05) is 12.6 Å². The van der Waals surface area contributed by atoms with Gasteiger partial charge in [0.05, 0.1) is 6.20 Å². The summed E-state index contributed by atoms with van der Waals surface area (Å²) < 4.78 is 1.39. The molecule has 0 aliphatic carbocycles. The third-order valence-electron chi connectivity index (χ3n) is 1.50. The molecule has 0 saturated carbocycles. The van der Waals surface area contributed by atoms with Gasteiger partial charge in [0.1, 0.15) is 0 Å². The lowest BCUT2D eigenvalue weighted by Crippen LogP contribution is -2.38. The maximum absolute atomic E-state index is 11.1. The van der Waals surface area contributed by atoms with E-state index in [0.29, 0.717) is 17.7 Å². The highest BCUT2D eigenvalue weighted by molar-refractivity contribution is 4.83. The van der Waals surface area contributed by atoms with Crippen LogP contribution in [-0.2, 0) is 6.54 Å². The molecule has 0 bridgehead atoms. The van der Waals surface area contributed by atoms with Crippen LogP contribution in [0.25, 0.3) is 0 Å². The second-order valence-electron chi connectivity index (χ2n) is 2.43. The van der Waals surface area contributed by atoms with E-state index in [-0.39, 0.29) is 5.56 Å². The molecule has 5 heteroatoms. The van der Waals surface area contributed by atoms with Crippen molar-refractivity contribution in [1.82, 2.24) is 9.30 Å². The van der Waals surface area contributed by atoms with Gasteiger partial charge in [0.25, 0.3) is 5.56 Å². The van der Waals surface area contributed by atoms with E-state index in [1.54, 1.807) is 0 Å². The molecule has 0 unspecified atom stereocenters. The topological polar surface area (TPSA) is 64.2 Å². The third-order valence-corrected chi connectivity index (χ3v) is 1.50. The number of hydrogen-bond acceptors (Lipinski definition) is 3.